The molecular weight excluding hydrogens is 186 g/mol. The van der Waals surface area contributed by atoms with E-state index >= 15 is 0 Å². The van der Waals surface area contributed by atoms with Gasteiger partial charge in [-0.1, -0.05) is 0 Å². The molecule has 74 valence electrons. The largest absolute Gasteiger partial charge is 0.355 e. The Balaban J connectivity index is 1.85. The van der Waals surface area contributed by atoms with Crippen LogP contribution >= 0.6 is 0 Å². The molecule has 2 fully saturated rings. The molecule has 0 unspecified atom stereocenters. The molecule has 7 heteroatoms. The van der Waals surface area contributed by atoms with Gasteiger partial charge in [0.25, 0.3) is 0 Å². The van der Waals surface area contributed by atoms with E-state index < -0.39 is 12.6 Å². The van der Waals surface area contributed by atoms with Crippen molar-refractivity contribution in [2.45, 2.75) is 12.6 Å². The Bertz CT molecular complexity index is 180. The van der Waals surface area contributed by atoms with Crippen LogP contribution in [0, 0.1) is 0 Å². The normalized spacial score (nSPS) is 25.1. The first-order valence-electron chi connectivity index (χ1n) is 4.51. The summed E-state index contributed by atoms with van der Waals surface area (Å²) in [5.41, 5.74) is 0. The lowest BCUT2D eigenvalue weighted by atomic mass is 9.81. The molecule has 0 atom stereocenters. The van der Waals surface area contributed by atoms with Crippen molar-refractivity contribution in [2.24, 2.45) is 0 Å². The lowest BCUT2D eigenvalue weighted by Crippen LogP contribution is -2.46. The maximum atomic E-state index is 11.6. The fraction of sp³-hybridized carbons (Fsp3) is 0.857. The molecule has 0 saturated carbocycles. The lowest BCUT2D eigenvalue weighted by molar-refractivity contribution is -0.203. The highest BCUT2D eigenvalue weighted by atomic mass is 16.7. The first-order valence-corrected chi connectivity index (χ1v) is 4.51. The molecule has 0 N–H and O–H groups in total. The maximum absolute atomic E-state index is 11.6. The van der Waals surface area contributed by atoms with Gasteiger partial charge in [0, 0.05) is 26.0 Å². The van der Waals surface area contributed by atoms with Crippen LogP contribution < -0.4 is 0 Å². The van der Waals surface area contributed by atoms with Gasteiger partial charge in [-0.3, -0.25) is 4.79 Å². The zero-order valence-corrected chi connectivity index (χ0v) is 7.68. The SMILES string of the molecule is O=C(C1OC[B]CO1)C1OC[B]CO1. The zero-order chi connectivity index (χ0) is 9.80. The predicted octanol–water partition coefficient (Wildman–Crippen LogP) is -1.46. The van der Waals surface area contributed by atoms with E-state index in [1.54, 1.807) is 14.6 Å². The first kappa shape index (κ1) is 10.2. The minimum absolute atomic E-state index is 0.300. The highest BCUT2D eigenvalue weighted by Crippen LogP contribution is 2.09. The Labute approximate surface area is 83.5 Å². The van der Waals surface area contributed by atoms with Crippen molar-refractivity contribution in [2.75, 3.05) is 26.0 Å². The minimum Gasteiger partial charge on any atom is -0.355 e. The first-order chi connectivity index (χ1) is 6.88. The molecule has 2 heterocycles. The van der Waals surface area contributed by atoms with E-state index in [-0.39, 0.29) is 5.78 Å². The summed E-state index contributed by atoms with van der Waals surface area (Å²) < 4.78 is 20.4. The second-order valence-electron chi connectivity index (χ2n) is 2.98. The predicted molar refractivity (Wildman–Crippen MR) is 47.9 cm³/mol. The smallest absolute Gasteiger partial charge is 0.244 e. The van der Waals surface area contributed by atoms with Gasteiger partial charge in [-0.05, 0) is 0 Å². The van der Waals surface area contributed by atoms with Gasteiger partial charge in [0.1, 0.15) is 0 Å². The van der Waals surface area contributed by atoms with Gasteiger partial charge < -0.3 is 18.9 Å². The van der Waals surface area contributed by atoms with Crippen LogP contribution in [0.1, 0.15) is 0 Å². The van der Waals surface area contributed by atoms with Gasteiger partial charge in [0.05, 0.1) is 0 Å². The number of rotatable bonds is 2. The average molecular weight is 196 g/mol. The Hall–Kier alpha value is -0.360. The van der Waals surface area contributed by atoms with Crippen molar-refractivity contribution >= 4 is 20.3 Å². The van der Waals surface area contributed by atoms with E-state index in [2.05, 4.69) is 0 Å². The average Bonchev–Trinajstić information content (AvgIpc) is 2.30. The van der Waals surface area contributed by atoms with Crippen molar-refractivity contribution in [1.29, 1.82) is 0 Å². The second-order valence-corrected chi connectivity index (χ2v) is 2.98. The molecule has 5 nitrogen and oxygen atoms in total. The highest BCUT2D eigenvalue weighted by molar-refractivity contribution is 6.35. The summed E-state index contributed by atoms with van der Waals surface area (Å²) in [5.74, 6) is -0.300. The van der Waals surface area contributed by atoms with Crippen LogP contribution in [-0.2, 0) is 23.7 Å². The van der Waals surface area contributed by atoms with Gasteiger partial charge in [-0.15, -0.1) is 0 Å². The maximum Gasteiger partial charge on any atom is 0.244 e. The number of ketones is 1. The van der Waals surface area contributed by atoms with Gasteiger partial charge in [0.2, 0.25) is 18.4 Å². The molecule has 2 aliphatic rings. The summed E-state index contributed by atoms with van der Waals surface area (Å²) in [7, 11) is 3.61. The Morgan fingerprint density at radius 1 is 0.857 bits per heavy atom. The summed E-state index contributed by atoms with van der Waals surface area (Å²) in [6.45, 7) is 1.70. The summed E-state index contributed by atoms with van der Waals surface area (Å²) in [6, 6.07) is 0. The number of hydrogen-bond acceptors (Lipinski definition) is 5. The molecule has 2 radical (unpaired) electrons. The Morgan fingerprint density at radius 3 is 1.57 bits per heavy atom. The zero-order valence-electron chi connectivity index (χ0n) is 7.68. The number of carbonyl (C=O) groups is 1. The van der Waals surface area contributed by atoms with Crippen molar-refractivity contribution < 1.29 is 23.7 Å². The molecule has 2 saturated heterocycles. The van der Waals surface area contributed by atoms with Gasteiger partial charge >= 0.3 is 0 Å². The fourth-order valence-corrected chi connectivity index (χ4v) is 1.25. The highest BCUT2D eigenvalue weighted by Gasteiger charge is 2.33. The topological polar surface area (TPSA) is 54.0 Å². The van der Waals surface area contributed by atoms with Crippen molar-refractivity contribution in [3.8, 4) is 0 Å². The molecule has 0 aromatic heterocycles. The van der Waals surface area contributed by atoms with Crippen molar-refractivity contribution in [1.82, 2.24) is 0 Å². The van der Waals surface area contributed by atoms with E-state index in [0.29, 0.717) is 26.0 Å². The van der Waals surface area contributed by atoms with Crippen LogP contribution in [0.4, 0.5) is 0 Å². The van der Waals surface area contributed by atoms with Gasteiger partial charge in [0.15, 0.2) is 14.6 Å². The molecule has 0 aromatic rings. The van der Waals surface area contributed by atoms with Crippen LogP contribution in [0.25, 0.3) is 0 Å². The van der Waals surface area contributed by atoms with Crippen LogP contribution in [0.5, 0.6) is 0 Å². The molecule has 0 spiro atoms. The molecule has 14 heavy (non-hydrogen) atoms. The third kappa shape index (κ3) is 2.36. The van der Waals surface area contributed by atoms with Crippen molar-refractivity contribution in [3.63, 3.8) is 0 Å². The molecule has 2 aliphatic heterocycles. The number of hydrogen-bond donors (Lipinski definition) is 0. The van der Waals surface area contributed by atoms with Crippen LogP contribution in [0.2, 0.25) is 0 Å². The van der Waals surface area contributed by atoms with E-state index in [1.165, 1.54) is 0 Å². The third-order valence-electron chi connectivity index (χ3n) is 1.93. The van der Waals surface area contributed by atoms with E-state index in [4.69, 9.17) is 18.9 Å². The monoisotopic (exact) mass is 196 g/mol. The molecule has 2 rings (SSSR count). The Kier molecular flexibility index (Phi) is 3.58. The van der Waals surface area contributed by atoms with Crippen LogP contribution in [0.3, 0.4) is 0 Å². The second kappa shape index (κ2) is 4.93. The third-order valence-corrected chi connectivity index (χ3v) is 1.93. The molecule has 0 aliphatic carbocycles. The number of carbonyl (C=O) groups excluding carboxylic acids is 1. The molecule has 0 bridgehead atoms. The van der Waals surface area contributed by atoms with E-state index in [9.17, 15) is 4.79 Å². The Morgan fingerprint density at radius 2 is 1.21 bits per heavy atom. The number of ether oxygens (including phenoxy) is 4. The standard InChI is InChI=1S/C7H10B2O5/c10-5(6-11-1-8-2-12-6)7-13-3-9-4-14-7/h6-7H,1-4H2. The van der Waals surface area contributed by atoms with Crippen LogP contribution in [-0.4, -0.2) is 58.9 Å². The molecule has 0 aromatic carbocycles. The van der Waals surface area contributed by atoms with E-state index in [0.717, 1.165) is 0 Å². The lowest BCUT2D eigenvalue weighted by Gasteiger charge is -2.27. The summed E-state index contributed by atoms with van der Waals surface area (Å²) in [5, 5.41) is 0. The van der Waals surface area contributed by atoms with Gasteiger partial charge in [-0.2, -0.15) is 0 Å². The van der Waals surface area contributed by atoms with E-state index in [1.807, 2.05) is 0 Å². The van der Waals surface area contributed by atoms with Crippen molar-refractivity contribution in [3.05, 3.63) is 0 Å². The fourth-order valence-electron chi connectivity index (χ4n) is 1.25. The van der Waals surface area contributed by atoms with Crippen LogP contribution in [0.15, 0.2) is 0 Å². The summed E-state index contributed by atoms with van der Waals surface area (Å²) in [4.78, 5) is 11.6. The van der Waals surface area contributed by atoms with Gasteiger partial charge in [-0.25, -0.2) is 0 Å². The quantitative estimate of drug-likeness (QED) is 0.505. The summed E-state index contributed by atoms with van der Waals surface area (Å²) >= 11 is 0. The molecule has 0 amide bonds. The number of Topliss-reactive ketones (excluding diaryl/α,β-unsaturated/α-hetero) is 1. The summed E-state index contributed by atoms with van der Waals surface area (Å²) in [6.07, 6.45) is -1.69. The molecular formula is C7H10B2O5. The minimum atomic E-state index is -0.844.